The van der Waals surface area contributed by atoms with Gasteiger partial charge in [-0.3, -0.25) is 14.2 Å². The largest absolute Gasteiger partial charge is 0.322 e. The first-order valence-corrected chi connectivity index (χ1v) is 7.59. The average molecular weight is 368 g/mol. The molecule has 0 spiro atoms. The molecule has 0 aliphatic heterocycles. The molecule has 0 saturated carbocycles. The van der Waals surface area contributed by atoms with Crippen molar-refractivity contribution in [2.45, 2.75) is 26.3 Å². The van der Waals surface area contributed by atoms with E-state index in [2.05, 4.69) is 26.2 Å². The molecule has 1 amide bonds. The number of amides is 1. The summed E-state index contributed by atoms with van der Waals surface area (Å²) in [6, 6.07) is 5.73. The van der Waals surface area contributed by atoms with Gasteiger partial charge in [0.15, 0.2) is 0 Å². The maximum absolute atomic E-state index is 13.6. The number of anilines is 1. The molecule has 1 aromatic heterocycles. The SMILES string of the molecule is CCCc1cc(=O)n(CC(=O)Nc2ccc(Br)cc2F)cn1. The summed E-state index contributed by atoms with van der Waals surface area (Å²) in [5.74, 6) is -1.04. The lowest BCUT2D eigenvalue weighted by Crippen LogP contribution is -2.28. The number of nitrogens with one attached hydrogen (secondary N) is 1. The van der Waals surface area contributed by atoms with E-state index >= 15 is 0 Å². The van der Waals surface area contributed by atoms with Crippen molar-refractivity contribution in [3.8, 4) is 0 Å². The predicted molar refractivity (Wildman–Crippen MR) is 85.2 cm³/mol. The molecule has 1 N–H and O–H groups in total. The first kappa shape index (κ1) is 16.4. The van der Waals surface area contributed by atoms with Gasteiger partial charge in [0, 0.05) is 16.2 Å². The van der Waals surface area contributed by atoms with Gasteiger partial charge < -0.3 is 5.32 Å². The number of carbonyl (C=O) groups is 1. The summed E-state index contributed by atoms with van der Waals surface area (Å²) in [6.45, 7) is 1.78. The van der Waals surface area contributed by atoms with Crippen molar-refractivity contribution in [1.29, 1.82) is 0 Å². The van der Waals surface area contributed by atoms with Crippen molar-refractivity contribution < 1.29 is 9.18 Å². The number of rotatable bonds is 5. The predicted octanol–water partition coefficient (Wildman–Crippen LogP) is 2.74. The van der Waals surface area contributed by atoms with E-state index in [4.69, 9.17) is 0 Å². The monoisotopic (exact) mass is 367 g/mol. The number of aryl methyl sites for hydroxylation is 1. The summed E-state index contributed by atoms with van der Waals surface area (Å²) in [5, 5.41) is 2.43. The zero-order valence-electron chi connectivity index (χ0n) is 12.0. The minimum atomic E-state index is -0.550. The van der Waals surface area contributed by atoms with Crippen molar-refractivity contribution in [3.63, 3.8) is 0 Å². The Morgan fingerprint density at radius 3 is 2.82 bits per heavy atom. The van der Waals surface area contributed by atoms with Crippen LogP contribution < -0.4 is 10.9 Å². The number of halogens is 2. The van der Waals surface area contributed by atoms with E-state index in [0.717, 1.165) is 6.42 Å². The zero-order chi connectivity index (χ0) is 16.1. The van der Waals surface area contributed by atoms with Gasteiger partial charge in [0.05, 0.1) is 12.0 Å². The van der Waals surface area contributed by atoms with Crippen LogP contribution in [0.1, 0.15) is 19.0 Å². The van der Waals surface area contributed by atoms with Crippen LogP contribution in [0.2, 0.25) is 0 Å². The van der Waals surface area contributed by atoms with Crippen molar-refractivity contribution in [2.75, 3.05) is 5.32 Å². The summed E-state index contributed by atoms with van der Waals surface area (Å²) in [7, 11) is 0. The number of carbonyl (C=O) groups excluding carboxylic acids is 1. The van der Waals surface area contributed by atoms with Gasteiger partial charge in [-0.2, -0.15) is 0 Å². The van der Waals surface area contributed by atoms with Crippen LogP contribution in [0.15, 0.2) is 39.9 Å². The molecule has 0 unspecified atom stereocenters. The standard InChI is InChI=1S/C15H15BrFN3O2/c1-2-3-11-7-15(22)20(9-18-11)8-14(21)19-13-5-4-10(16)6-12(13)17/h4-7,9H,2-3,8H2,1H3,(H,19,21). The maximum atomic E-state index is 13.6. The minimum absolute atomic E-state index is 0.0665. The molecule has 0 aliphatic carbocycles. The number of hydrogen-bond acceptors (Lipinski definition) is 3. The zero-order valence-corrected chi connectivity index (χ0v) is 13.6. The Morgan fingerprint density at radius 2 is 2.18 bits per heavy atom. The second-order valence-electron chi connectivity index (χ2n) is 4.77. The van der Waals surface area contributed by atoms with Crippen LogP contribution in [-0.2, 0) is 17.8 Å². The van der Waals surface area contributed by atoms with Crippen molar-refractivity contribution in [2.24, 2.45) is 0 Å². The lowest BCUT2D eigenvalue weighted by molar-refractivity contribution is -0.116. The number of benzene rings is 1. The summed E-state index contributed by atoms with van der Waals surface area (Å²) in [4.78, 5) is 27.9. The lowest BCUT2D eigenvalue weighted by atomic mass is 10.2. The Hall–Kier alpha value is -2.02. The molecule has 1 heterocycles. The first-order valence-electron chi connectivity index (χ1n) is 6.80. The molecule has 0 bridgehead atoms. The van der Waals surface area contributed by atoms with Crippen LogP contribution in [0.4, 0.5) is 10.1 Å². The Morgan fingerprint density at radius 1 is 1.41 bits per heavy atom. The Balaban J connectivity index is 2.07. The highest BCUT2D eigenvalue weighted by molar-refractivity contribution is 9.10. The summed E-state index contributed by atoms with van der Waals surface area (Å²) < 4.78 is 15.4. The number of nitrogens with zero attached hydrogens (tertiary/aromatic N) is 2. The van der Waals surface area contributed by atoms with Gasteiger partial charge in [0.1, 0.15) is 12.4 Å². The molecule has 7 heteroatoms. The number of aromatic nitrogens is 2. The molecule has 0 saturated heterocycles. The highest BCUT2D eigenvalue weighted by Crippen LogP contribution is 2.19. The summed E-state index contributed by atoms with van der Waals surface area (Å²) in [5.41, 5.74) is 0.463. The van der Waals surface area contributed by atoms with Gasteiger partial charge in [0.2, 0.25) is 5.91 Å². The van der Waals surface area contributed by atoms with Gasteiger partial charge in [0.25, 0.3) is 5.56 Å². The third-order valence-electron chi connectivity index (χ3n) is 2.96. The van der Waals surface area contributed by atoms with E-state index < -0.39 is 11.7 Å². The van der Waals surface area contributed by atoms with E-state index in [9.17, 15) is 14.0 Å². The van der Waals surface area contributed by atoms with Gasteiger partial charge in [-0.15, -0.1) is 0 Å². The molecule has 0 fully saturated rings. The average Bonchev–Trinajstić information content (AvgIpc) is 2.45. The van der Waals surface area contributed by atoms with Crippen LogP contribution in [0.5, 0.6) is 0 Å². The second-order valence-corrected chi connectivity index (χ2v) is 5.68. The Bertz CT molecular complexity index is 746. The van der Waals surface area contributed by atoms with E-state index in [-0.39, 0.29) is 17.8 Å². The summed E-state index contributed by atoms with van der Waals surface area (Å²) >= 11 is 3.14. The molecule has 2 aromatic rings. The fraction of sp³-hybridized carbons (Fsp3) is 0.267. The number of hydrogen-bond donors (Lipinski definition) is 1. The quantitative estimate of drug-likeness (QED) is 0.883. The smallest absolute Gasteiger partial charge is 0.253 e. The highest BCUT2D eigenvalue weighted by Gasteiger charge is 2.09. The highest BCUT2D eigenvalue weighted by atomic mass is 79.9. The molecule has 0 aliphatic rings. The topological polar surface area (TPSA) is 64.0 Å². The second kappa shape index (κ2) is 7.31. The van der Waals surface area contributed by atoms with Gasteiger partial charge in [-0.05, 0) is 24.6 Å². The van der Waals surface area contributed by atoms with E-state index in [1.54, 1.807) is 6.07 Å². The van der Waals surface area contributed by atoms with Crippen LogP contribution in [0, 0.1) is 5.82 Å². The van der Waals surface area contributed by atoms with Gasteiger partial charge in [-0.25, -0.2) is 9.37 Å². The van der Waals surface area contributed by atoms with Crippen LogP contribution in [-0.4, -0.2) is 15.5 Å². The van der Waals surface area contributed by atoms with Crippen molar-refractivity contribution in [3.05, 3.63) is 56.9 Å². The van der Waals surface area contributed by atoms with Crippen molar-refractivity contribution >= 4 is 27.5 Å². The molecular weight excluding hydrogens is 353 g/mol. The Kier molecular flexibility index (Phi) is 5.43. The van der Waals surface area contributed by atoms with Gasteiger partial charge >= 0.3 is 0 Å². The minimum Gasteiger partial charge on any atom is -0.322 e. The third kappa shape index (κ3) is 4.24. The van der Waals surface area contributed by atoms with Crippen molar-refractivity contribution in [1.82, 2.24) is 9.55 Å². The van der Waals surface area contributed by atoms with Crippen LogP contribution >= 0.6 is 15.9 Å². The first-order chi connectivity index (χ1) is 10.5. The fourth-order valence-electron chi connectivity index (χ4n) is 1.91. The molecular formula is C15H15BrFN3O2. The molecule has 0 radical (unpaired) electrons. The molecule has 2 rings (SSSR count). The maximum Gasteiger partial charge on any atom is 0.253 e. The Labute approximate surface area is 135 Å². The van der Waals surface area contributed by atoms with Crippen LogP contribution in [0.25, 0.3) is 0 Å². The van der Waals surface area contributed by atoms with E-state index in [0.29, 0.717) is 16.6 Å². The molecule has 0 atom stereocenters. The van der Waals surface area contributed by atoms with Gasteiger partial charge in [-0.1, -0.05) is 29.3 Å². The molecule has 116 valence electrons. The molecule has 22 heavy (non-hydrogen) atoms. The summed E-state index contributed by atoms with van der Waals surface area (Å²) in [6.07, 6.45) is 2.94. The fourth-order valence-corrected chi connectivity index (χ4v) is 2.24. The van der Waals surface area contributed by atoms with Crippen LogP contribution in [0.3, 0.4) is 0 Å². The normalized spacial score (nSPS) is 10.5. The molecule has 1 aromatic carbocycles. The van der Waals surface area contributed by atoms with E-state index in [1.165, 1.54) is 29.1 Å². The van der Waals surface area contributed by atoms with E-state index in [1.807, 2.05) is 6.92 Å². The molecule has 5 nitrogen and oxygen atoms in total. The third-order valence-corrected chi connectivity index (χ3v) is 3.45. The lowest BCUT2D eigenvalue weighted by Gasteiger charge is -2.08.